The molecule has 0 unspecified atom stereocenters. The molecular weight excluding hydrogens is 271 g/mol. The molecular formula is C8H22ClN2O5P. The molecule has 4 N–H and O–H groups in total. The molecule has 2 fully saturated rings. The Morgan fingerprint density at radius 3 is 1.12 bits per heavy atom. The smallest absolute Gasteiger partial charge is 0.314 e. The first-order chi connectivity index (χ1) is 7.73. The van der Waals surface area contributed by atoms with E-state index in [0.717, 1.165) is 52.6 Å². The number of morpholine rings is 2. The van der Waals surface area contributed by atoms with Gasteiger partial charge in [0.05, 0.1) is 26.4 Å². The first-order valence-corrected chi connectivity index (χ1v) is 6.52. The summed E-state index contributed by atoms with van der Waals surface area (Å²) in [4.78, 5) is 14.3. The molecule has 0 aromatic rings. The molecule has 2 aliphatic heterocycles. The van der Waals surface area contributed by atoms with E-state index in [1.807, 2.05) is 0 Å². The number of nitrogens with one attached hydrogen (secondary N) is 2. The number of hydrogen-bond acceptors (Lipinski definition) is 5. The Bertz CT molecular complexity index is 131. The maximum atomic E-state index is 8.74. The van der Waals surface area contributed by atoms with E-state index in [1.54, 1.807) is 0 Å². The molecule has 2 saturated heterocycles. The van der Waals surface area contributed by atoms with E-state index in [-0.39, 0.29) is 12.4 Å². The van der Waals surface area contributed by atoms with Gasteiger partial charge in [0.25, 0.3) is 0 Å². The Labute approximate surface area is 108 Å². The molecule has 0 aliphatic carbocycles. The summed E-state index contributed by atoms with van der Waals surface area (Å²) in [5, 5.41) is 6.32. The van der Waals surface area contributed by atoms with E-state index in [9.17, 15) is 0 Å². The van der Waals surface area contributed by atoms with Crippen molar-refractivity contribution in [2.45, 2.75) is 0 Å². The first kappa shape index (κ1) is 19.6. The van der Waals surface area contributed by atoms with E-state index < -0.39 is 8.25 Å². The maximum Gasteiger partial charge on any atom is 0.314 e. The normalized spacial score (nSPS) is 19.0. The molecule has 0 spiro atoms. The molecule has 2 aliphatic rings. The van der Waals surface area contributed by atoms with Gasteiger partial charge in [0.1, 0.15) is 0 Å². The van der Waals surface area contributed by atoms with Gasteiger partial charge in [0.15, 0.2) is 0 Å². The van der Waals surface area contributed by atoms with Crippen molar-refractivity contribution in [3.05, 3.63) is 0 Å². The van der Waals surface area contributed by atoms with Gasteiger partial charge in [-0.2, -0.15) is 0 Å². The fourth-order valence-corrected chi connectivity index (χ4v) is 1.03. The third kappa shape index (κ3) is 22.0. The van der Waals surface area contributed by atoms with Crippen LogP contribution in [0.3, 0.4) is 0 Å². The van der Waals surface area contributed by atoms with E-state index in [4.69, 9.17) is 23.8 Å². The Morgan fingerprint density at radius 2 is 1.06 bits per heavy atom. The molecule has 0 aromatic carbocycles. The molecule has 17 heavy (non-hydrogen) atoms. The van der Waals surface area contributed by atoms with Crippen LogP contribution in [0.1, 0.15) is 0 Å². The minimum atomic E-state index is -3.13. The van der Waals surface area contributed by atoms with Crippen molar-refractivity contribution in [3.8, 4) is 0 Å². The van der Waals surface area contributed by atoms with E-state index in [1.165, 1.54) is 0 Å². The molecule has 2 heterocycles. The molecule has 0 radical (unpaired) electrons. The van der Waals surface area contributed by atoms with Gasteiger partial charge in [-0.05, 0) is 0 Å². The molecule has 0 atom stereocenters. The fourth-order valence-electron chi connectivity index (χ4n) is 1.03. The van der Waals surface area contributed by atoms with Gasteiger partial charge < -0.3 is 29.9 Å². The zero-order chi connectivity index (χ0) is 12.1. The lowest BCUT2D eigenvalue weighted by Gasteiger charge is -2.10. The van der Waals surface area contributed by atoms with Gasteiger partial charge in [-0.1, -0.05) is 0 Å². The van der Waals surface area contributed by atoms with E-state index >= 15 is 0 Å². The first-order valence-electron chi connectivity index (χ1n) is 5.22. The number of rotatable bonds is 0. The molecule has 0 bridgehead atoms. The molecule has 106 valence electrons. The van der Waals surface area contributed by atoms with Gasteiger partial charge in [0, 0.05) is 26.2 Å². The van der Waals surface area contributed by atoms with Crippen LogP contribution in [-0.4, -0.2) is 62.4 Å². The van der Waals surface area contributed by atoms with Crippen molar-refractivity contribution in [2.75, 3.05) is 52.6 Å². The lowest BCUT2D eigenvalue weighted by molar-refractivity contribution is 0.109. The second-order valence-corrected chi connectivity index (χ2v) is 3.57. The van der Waals surface area contributed by atoms with Crippen molar-refractivity contribution in [3.63, 3.8) is 0 Å². The standard InChI is InChI=1S/2C4H9NO.ClH.H3O3P/c2*1-3-6-4-2-5-1;;1-4(2)3/h2*5H,1-4H2;1H;4H,(H2,1,2,3). The lowest BCUT2D eigenvalue weighted by atomic mass is 10.5. The molecule has 0 amide bonds. The largest absolute Gasteiger partial charge is 0.379 e. The summed E-state index contributed by atoms with van der Waals surface area (Å²) in [5.74, 6) is 0. The second kappa shape index (κ2) is 16.3. The van der Waals surface area contributed by atoms with Crippen LogP contribution in [0.25, 0.3) is 0 Å². The molecule has 9 heteroatoms. The van der Waals surface area contributed by atoms with Crippen molar-refractivity contribution < 1.29 is 23.8 Å². The summed E-state index contributed by atoms with van der Waals surface area (Å²) in [6.07, 6.45) is 0. The SMILES string of the molecule is C1COCCN1.C1COCCN1.Cl.O=[PH](O)O. The van der Waals surface area contributed by atoms with Crippen LogP contribution in [-0.2, 0) is 14.0 Å². The van der Waals surface area contributed by atoms with Gasteiger partial charge in [0.2, 0.25) is 0 Å². The van der Waals surface area contributed by atoms with Crippen molar-refractivity contribution in [1.29, 1.82) is 0 Å². The number of ether oxygens (including phenoxy) is 2. The Kier molecular flexibility index (Phi) is 18.8. The van der Waals surface area contributed by atoms with Gasteiger partial charge in [-0.25, -0.2) is 0 Å². The van der Waals surface area contributed by atoms with Gasteiger partial charge in [-0.15, -0.1) is 12.4 Å². The van der Waals surface area contributed by atoms with Crippen LogP contribution in [0.5, 0.6) is 0 Å². The van der Waals surface area contributed by atoms with E-state index in [2.05, 4.69) is 10.6 Å². The van der Waals surface area contributed by atoms with Crippen molar-refractivity contribution >= 4 is 20.7 Å². The predicted molar refractivity (Wildman–Crippen MR) is 68.1 cm³/mol. The Balaban J connectivity index is 0. The summed E-state index contributed by atoms with van der Waals surface area (Å²) in [5.41, 5.74) is 0. The zero-order valence-electron chi connectivity index (χ0n) is 9.68. The average molecular weight is 293 g/mol. The summed E-state index contributed by atoms with van der Waals surface area (Å²) >= 11 is 0. The highest BCUT2D eigenvalue weighted by molar-refractivity contribution is 7.30. The summed E-state index contributed by atoms with van der Waals surface area (Å²) in [6.45, 7) is 7.67. The topological polar surface area (TPSA) is 100 Å². The quantitative estimate of drug-likeness (QED) is 0.425. The third-order valence-electron chi connectivity index (χ3n) is 1.69. The van der Waals surface area contributed by atoms with Crippen LogP contribution in [0.15, 0.2) is 0 Å². The summed E-state index contributed by atoms with van der Waals surface area (Å²) in [6, 6.07) is 0. The maximum absolute atomic E-state index is 8.74. The third-order valence-corrected chi connectivity index (χ3v) is 1.69. The monoisotopic (exact) mass is 292 g/mol. The predicted octanol–water partition coefficient (Wildman–Crippen LogP) is -1.01. The van der Waals surface area contributed by atoms with Crippen molar-refractivity contribution in [1.82, 2.24) is 10.6 Å². The Morgan fingerprint density at radius 1 is 0.824 bits per heavy atom. The van der Waals surface area contributed by atoms with Crippen LogP contribution in [0.2, 0.25) is 0 Å². The minimum Gasteiger partial charge on any atom is -0.379 e. The van der Waals surface area contributed by atoms with Gasteiger partial charge in [-0.3, -0.25) is 4.57 Å². The molecule has 0 aromatic heterocycles. The second-order valence-electron chi connectivity index (χ2n) is 3.01. The van der Waals surface area contributed by atoms with Crippen LogP contribution < -0.4 is 10.6 Å². The highest BCUT2D eigenvalue weighted by Crippen LogP contribution is 1.98. The highest BCUT2D eigenvalue weighted by Gasteiger charge is 1.93. The Hall–Kier alpha value is 0.280. The van der Waals surface area contributed by atoms with Gasteiger partial charge >= 0.3 is 8.25 Å². The number of halogens is 1. The molecule has 2 rings (SSSR count). The zero-order valence-corrected chi connectivity index (χ0v) is 11.5. The summed E-state index contributed by atoms with van der Waals surface area (Å²) < 4.78 is 18.8. The fraction of sp³-hybridized carbons (Fsp3) is 1.00. The minimum absolute atomic E-state index is 0. The molecule has 0 saturated carbocycles. The van der Waals surface area contributed by atoms with E-state index in [0.29, 0.717) is 0 Å². The average Bonchev–Trinajstić information content (AvgIpc) is 2.34. The van der Waals surface area contributed by atoms with Crippen LogP contribution >= 0.6 is 20.7 Å². The molecule has 7 nitrogen and oxygen atoms in total. The summed E-state index contributed by atoms with van der Waals surface area (Å²) in [7, 11) is -3.13. The highest BCUT2D eigenvalue weighted by atomic mass is 35.5. The number of hydrogen-bond donors (Lipinski definition) is 4. The van der Waals surface area contributed by atoms with Crippen LogP contribution in [0, 0.1) is 0 Å². The van der Waals surface area contributed by atoms with Crippen molar-refractivity contribution in [2.24, 2.45) is 0 Å². The lowest BCUT2D eigenvalue weighted by Crippen LogP contribution is -2.30. The van der Waals surface area contributed by atoms with Crippen LogP contribution in [0.4, 0.5) is 0 Å².